The fraction of sp³-hybridized carbons (Fsp3) is 0.571. The second-order valence-corrected chi connectivity index (χ2v) is 1.94. The van der Waals surface area contributed by atoms with Crippen molar-refractivity contribution >= 4 is 6.41 Å². The lowest BCUT2D eigenvalue weighted by molar-refractivity contribution is -0.115. The summed E-state index contributed by atoms with van der Waals surface area (Å²) >= 11 is 0. The van der Waals surface area contributed by atoms with Gasteiger partial charge in [-0.1, -0.05) is 19.4 Å². The van der Waals surface area contributed by atoms with Crippen molar-refractivity contribution in [2.45, 2.75) is 19.8 Å². The highest BCUT2D eigenvalue weighted by Crippen LogP contribution is 1.88. The molecule has 2 nitrogen and oxygen atoms in total. The number of allylic oxidation sites excluding steroid dienone is 1. The minimum Gasteiger partial charge on any atom is -0.325 e. The molecule has 0 saturated carbocycles. The normalized spacial score (nSPS) is 10.0. The number of amides is 1. The summed E-state index contributed by atoms with van der Waals surface area (Å²) in [6, 6.07) is 0. The van der Waals surface area contributed by atoms with Gasteiger partial charge in [-0.3, -0.25) is 4.79 Å². The second kappa shape index (κ2) is 5.35. The van der Waals surface area contributed by atoms with E-state index in [9.17, 15) is 4.79 Å². The van der Waals surface area contributed by atoms with Gasteiger partial charge in [0.2, 0.25) is 6.41 Å². The molecule has 0 rings (SSSR count). The summed E-state index contributed by atoms with van der Waals surface area (Å²) in [4.78, 5) is 11.5. The van der Waals surface area contributed by atoms with Crippen molar-refractivity contribution in [3.8, 4) is 0 Å². The number of hydrogen-bond acceptors (Lipinski definition) is 1. The minimum atomic E-state index is 0.784. The molecule has 0 aromatic carbocycles. The van der Waals surface area contributed by atoms with E-state index in [1.807, 2.05) is 6.08 Å². The van der Waals surface area contributed by atoms with Crippen LogP contribution in [0.4, 0.5) is 0 Å². The number of rotatable bonds is 4. The number of carbonyl (C=O) groups is 1. The summed E-state index contributed by atoms with van der Waals surface area (Å²) < 4.78 is 0. The molecule has 0 heterocycles. The van der Waals surface area contributed by atoms with Gasteiger partial charge in [-0.15, -0.1) is 0 Å². The van der Waals surface area contributed by atoms with Crippen LogP contribution in [0.3, 0.4) is 0 Å². The SMILES string of the molecule is CCCC=CN(C)C=O. The Labute approximate surface area is 56.2 Å². The Hall–Kier alpha value is -0.790. The van der Waals surface area contributed by atoms with E-state index >= 15 is 0 Å². The van der Waals surface area contributed by atoms with Crippen LogP contribution in [0.15, 0.2) is 12.3 Å². The summed E-state index contributed by atoms with van der Waals surface area (Å²) in [6.07, 6.45) is 6.71. The zero-order valence-corrected chi connectivity index (χ0v) is 6.00. The van der Waals surface area contributed by atoms with Gasteiger partial charge >= 0.3 is 0 Å². The van der Waals surface area contributed by atoms with Crippen LogP contribution in [0.1, 0.15) is 19.8 Å². The molecule has 0 aromatic heterocycles. The van der Waals surface area contributed by atoms with Gasteiger partial charge in [0, 0.05) is 13.2 Å². The third-order valence-electron chi connectivity index (χ3n) is 0.962. The van der Waals surface area contributed by atoms with Gasteiger partial charge in [-0.25, -0.2) is 0 Å². The van der Waals surface area contributed by atoms with Gasteiger partial charge in [0.15, 0.2) is 0 Å². The smallest absolute Gasteiger partial charge is 0.213 e. The van der Waals surface area contributed by atoms with E-state index in [2.05, 4.69) is 6.92 Å². The van der Waals surface area contributed by atoms with E-state index in [0.717, 1.165) is 19.3 Å². The van der Waals surface area contributed by atoms with Crippen LogP contribution < -0.4 is 0 Å². The quantitative estimate of drug-likeness (QED) is 0.522. The molecule has 2 heteroatoms. The molecule has 0 bridgehead atoms. The average Bonchev–Trinajstić information content (AvgIpc) is 1.89. The zero-order valence-electron chi connectivity index (χ0n) is 6.00. The molecule has 0 unspecified atom stereocenters. The maximum Gasteiger partial charge on any atom is 0.213 e. The molecule has 1 amide bonds. The molecular weight excluding hydrogens is 114 g/mol. The third kappa shape index (κ3) is 5.07. The molecule has 52 valence electrons. The highest BCUT2D eigenvalue weighted by Gasteiger charge is 1.80. The van der Waals surface area contributed by atoms with Gasteiger partial charge in [-0.05, 0) is 6.42 Å². The van der Waals surface area contributed by atoms with Crippen molar-refractivity contribution in [1.29, 1.82) is 0 Å². The van der Waals surface area contributed by atoms with Gasteiger partial charge in [0.1, 0.15) is 0 Å². The number of carbonyl (C=O) groups excluding carboxylic acids is 1. The Morgan fingerprint density at radius 1 is 1.56 bits per heavy atom. The molecule has 9 heavy (non-hydrogen) atoms. The lowest BCUT2D eigenvalue weighted by Crippen LogP contribution is -2.05. The fourth-order valence-electron chi connectivity index (χ4n) is 0.443. The predicted octanol–water partition coefficient (Wildman–Crippen LogP) is 1.39. The van der Waals surface area contributed by atoms with Crippen molar-refractivity contribution in [1.82, 2.24) is 4.90 Å². The van der Waals surface area contributed by atoms with Crippen LogP contribution in [-0.2, 0) is 4.79 Å². The summed E-state index contributed by atoms with van der Waals surface area (Å²) in [6.45, 7) is 2.10. The first-order chi connectivity index (χ1) is 4.31. The topological polar surface area (TPSA) is 20.3 Å². The van der Waals surface area contributed by atoms with E-state index in [-0.39, 0.29) is 0 Å². The van der Waals surface area contributed by atoms with E-state index in [0.29, 0.717) is 0 Å². The van der Waals surface area contributed by atoms with Crippen molar-refractivity contribution in [3.05, 3.63) is 12.3 Å². The zero-order chi connectivity index (χ0) is 7.11. The Kier molecular flexibility index (Phi) is 4.88. The highest BCUT2D eigenvalue weighted by atomic mass is 16.1. The van der Waals surface area contributed by atoms with Crippen molar-refractivity contribution < 1.29 is 4.79 Å². The highest BCUT2D eigenvalue weighted by molar-refractivity contribution is 5.48. The average molecular weight is 127 g/mol. The minimum absolute atomic E-state index is 0.784. The predicted molar refractivity (Wildman–Crippen MR) is 37.9 cm³/mol. The number of hydrogen-bond donors (Lipinski definition) is 0. The summed E-state index contributed by atoms with van der Waals surface area (Å²) in [5.74, 6) is 0. The Morgan fingerprint density at radius 2 is 2.22 bits per heavy atom. The van der Waals surface area contributed by atoms with Gasteiger partial charge in [0.05, 0.1) is 0 Å². The Bertz CT molecular complexity index is 99.1. The summed E-state index contributed by atoms with van der Waals surface area (Å²) in [5.41, 5.74) is 0. The molecule has 0 saturated heterocycles. The summed E-state index contributed by atoms with van der Waals surface area (Å²) in [5, 5.41) is 0. The molecule has 0 atom stereocenters. The van der Waals surface area contributed by atoms with Crippen LogP contribution in [-0.4, -0.2) is 18.4 Å². The molecule has 0 aliphatic heterocycles. The molecular formula is C7H13NO. The fourth-order valence-corrected chi connectivity index (χ4v) is 0.443. The van der Waals surface area contributed by atoms with E-state index in [4.69, 9.17) is 0 Å². The largest absolute Gasteiger partial charge is 0.325 e. The molecule has 0 N–H and O–H groups in total. The van der Waals surface area contributed by atoms with Crippen molar-refractivity contribution in [3.63, 3.8) is 0 Å². The maximum atomic E-state index is 9.97. The Morgan fingerprint density at radius 3 is 2.67 bits per heavy atom. The van der Waals surface area contributed by atoms with E-state index in [1.54, 1.807) is 13.2 Å². The third-order valence-corrected chi connectivity index (χ3v) is 0.962. The molecule has 0 radical (unpaired) electrons. The molecule has 0 spiro atoms. The summed E-state index contributed by atoms with van der Waals surface area (Å²) in [7, 11) is 1.72. The number of unbranched alkanes of at least 4 members (excludes halogenated alkanes) is 1. The lowest BCUT2D eigenvalue weighted by atomic mass is 10.3. The van der Waals surface area contributed by atoms with Gasteiger partial charge in [0.25, 0.3) is 0 Å². The van der Waals surface area contributed by atoms with Crippen LogP contribution in [0.2, 0.25) is 0 Å². The lowest BCUT2D eigenvalue weighted by Gasteiger charge is -1.99. The van der Waals surface area contributed by atoms with E-state index < -0.39 is 0 Å². The molecule has 0 aliphatic carbocycles. The van der Waals surface area contributed by atoms with E-state index in [1.165, 1.54) is 4.90 Å². The Balaban J connectivity index is 3.31. The van der Waals surface area contributed by atoms with Crippen LogP contribution >= 0.6 is 0 Å². The first-order valence-corrected chi connectivity index (χ1v) is 3.15. The second-order valence-electron chi connectivity index (χ2n) is 1.94. The number of nitrogens with zero attached hydrogens (tertiary/aromatic N) is 1. The standard InChI is InChI=1S/C7H13NO/c1-3-4-5-6-8(2)7-9/h5-7H,3-4H2,1-2H3. The van der Waals surface area contributed by atoms with Crippen LogP contribution in [0, 0.1) is 0 Å². The van der Waals surface area contributed by atoms with Crippen molar-refractivity contribution in [2.24, 2.45) is 0 Å². The maximum absolute atomic E-state index is 9.97. The molecule has 0 aliphatic rings. The van der Waals surface area contributed by atoms with Crippen molar-refractivity contribution in [2.75, 3.05) is 7.05 Å². The molecule has 0 aromatic rings. The first kappa shape index (κ1) is 8.21. The van der Waals surface area contributed by atoms with Gasteiger partial charge in [-0.2, -0.15) is 0 Å². The molecule has 0 fully saturated rings. The van der Waals surface area contributed by atoms with Crippen LogP contribution in [0.5, 0.6) is 0 Å². The van der Waals surface area contributed by atoms with Gasteiger partial charge < -0.3 is 4.90 Å². The van der Waals surface area contributed by atoms with Crippen LogP contribution in [0.25, 0.3) is 0 Å². The first-order valence-electron chi connectivity index (χ1n) is 3.15. The monoisotopic (exact) mass is 127 g/mol.